The molecule has 8 heteroatoms. The van der Waals surface area contributed by atoms with Gasteiger partial charge in [0.1, 0.15) is 22.8 Å². The third kappa shape index (κ3) is 3.72. The van der Waals surface area contributed by atoms with Crippen LogP contribution >= 0.6 is 0 Å². The Morgan fingerprint density at radius 1 is 1.11 bits per heavy atom. The van der Waals surface area contributed by atoms with E-state index in [0.29, 0.717) is 11.1 Å². The van der Waals surface area contributed by atoms with Crippen molar-refractivity contribution >= 4 is 23.1 Å². The summed E-state index contributed by atoms with van der Waals surface area (Å²) in [6.07, 6.45) is 6.54. The summed E-state index contributed by atoms with van der Waals surface area (Å²) in [5.41, 5.74) is -0.981. The second-order valence-corrected chi connectivity index (χ2v) is 10.9. The molecule has 4 N–H and O–H groups in total. The van der Waals surface area contributed by atoms with Crippen LogP contribution in [0.15, 0.2) is 40.7 Å². The van der Waals surface area contributed by atoms with Crippen LogP contribution in [-0.2, 0) is 20.8 Å². The summed E-state index contributed by atoms with van der Waals surface area (Å²) >= 11 is 0. The van der Waals surface area contributed by atoms with Gasteiger partial charge >= 0.3 is 0 Å². The number of benzene rings is 1. The number of likely N-dealkylation sites (N-methyl/N-ethyl adjacent to an activating group) is 1. The second-order valence-electron chi connectivity index (χ2n) is 10.9. The van der Waals surface area contributed by atoms with Gasteiger partial charge in [0.2, 0.25) is 5.78 Å². The normalized spacial score (nSPS) is 28.8. The minimum atomic E-state index is -2.57. The number of hydrogen-bond acceptors (Lipinski definition) is 8. The highest BCUT2D eigenvalue weighted by atomic mass is 16.3. The fourth-order valence-electron chi connectivity index (χ4n) is 6.56. The minimum Gasteiger partial charge on any atom is -0.508 e. The van der Waals surface area contributed by atoms with Gasteiger partial charge in [-0.2, -0.15) is 0 Å². The average molecular weight is 518 g/mol. The van der Waals surface area contributed by atoms with Gasteiger partial charge in [-0.3, -0.25) is 19.3 Å². The van der Waals surface area contributed by atoms with E-state index in [1.165, 1.54) is 11.0 Å². The van der Waals surface area contributed by atoms with Crippen molar-refractivity contribution in [2.24, 2.45) is 11.8 Å². The van der Waals surface area contributed by atoms with E-state index in [9.17, 15) is 34.8 Å². The SMILES string of the molecule is CC(=O)C1=C(O)[C@@]2(O)C(=O)C3=C(O)c4c(O)ccc(C#CC5=CCCCC5)c4C[C@H]3C[C@H]2[C@H](N(C)C)C1=O. The third-order valence-corrected chi connectivity index (χ3v) is 8.36. The van der Waals surface area contributed by atoms with E-state index in [-0.39, 0.29) is 29.7 Å². The van der Waals surface area contributed by atoms with Crippen molar-refractivity contribution in [1.29, 1.82) is 0 Å². The van der Waals surface area contributed by atoms with Gasteiger partial charge in [0.15, 0.2) is 17.2 Å². The number of rotatable bonds is 2. The molecule has 8 nitrogen and oxygen atoms in total. The molecule has 0 aliphatic heterocycles. The summed E-state index contributed by atoms with van der Waals surface area (Å²) in [4.78, 5) is 41.0. The Morgan fingerprint density at radius 2 is 1.84 bits per heavy atom. The third-order valence-electron chi connectivity index (χ3n) is 8.36. The lowest BCUT2D eigenvalue weighted by molar-refractivity contribution is -0.153. The molecule has 0 saturated heterocycles. The minimum absolute atomic E-state index is 0.0716. The van der Waals surface area contributed by atoms with Crippen LogP contribution in [0.3, 0.4) is 0 Å². The van der Waals surface area contributed by atoms with E-state index in [4.69, 9.17) is 0 Å². The van der Waals surface area contributed by atoms with E-state index < -0.39 is 57.9 Å². The smallest absolute Gasteiger partial charge is 0.202 e. The number of Topliss-reactive ketones (excluding diaryl/α,β-unsaturated/α-hetero) is 3. The second kappa shape index (κ2) is 9.26. The molecule has 0 bridgehead atoms. The largest absolute Gasteiger partial charge is 0.508 e. The zero-order chi connectivity index (χ0) is 27.5. The molecule has 0 unspecified atom stereocenters. The summed E-state index contributed by atoms with van der Waals surface area (Å²) < 4.78 is 0. The van der Waals surface area contributed by atoms with Crippen LogP contribution in [0.2, 0.25) is 0 Å². The number of allylic oxidation sites excluding steroid dienone is 2. The predicted molar refractivity (Wildman–Crippen MR) is 139 cm³/mol. The Morgan fingerprint density at radius 3 is 2.47 bits per heavy atom. The number of phenols is 1. The Bertz CT molecular complexity index is 1430. The monoisotopic (exact) mass is 517 g/mol. The fourth-order valence-corrected chi connectivity index (χ4v) is 6.56. The van der Waals surface area contributed by atoms with Crippen LogP contribution in [-0.4, -0.2) is 68.4 Å². The van der Waals surface area contributed by atoms with Crippen LogP contribution in [0.1, 0.15) is 55.7 Å². The van der Waals surface area contributed by atoms with E-state index in [0.717, 1.165) is 38.2 Å². The van der Waals surface area contributed by atoms with Crippen molar-refractivity contribution in [1.82, 2.24) is 4.90 Å². The first-order chi connectivity index (χ1) is 18.0. The van der Waals surface area contributed by atoms with Crippen LogP contribution in [0.4, 0.5) is 0 Å². The van der Waals surface area contributed by atoms with Gasteiger partial charge in [0, 0.05) is 17.1 Å². The van der Waals surface area contributed by atoms with Crippen LogP contribution < -0.4 is 0 Å². The Labute approximate surface area is 221 Å². The Kier molecular flexibility index (Phi) is 6.33. The highest BCUT2D eigenvalue weighted by molar-refractivity contribution is 6.25. The van der Waals surface area contributed by atoms with Gasteiger partial charge in [0.25, 0.3) is 0 Å². The first-order valence-electron chi connectivity index (χ1n) is 12.9. The summed E-state index contributed by atoms with van der Waals surface area (Å²) in [5.74, 6) is 0.650. The van der Waals surface area contributed by atoms with Gasteiger partial charge in [-0.25, -0.2) is 0 Å². The van der Waals surface area contributed by atoms with Gasteiger partial charge in [-0.1, -0.05) is 17.9 Å². The molecule has 1 aromatic rings. The molecule has 198 valence electrons. The number of aliphatic hydroxyl groups excluding tert-OH is 2. The predicted octanol–water partition coefficient (Wildman–Crippen LogP) is 2.92. The molecule has 5 rings (SSSR count). The van der Waals surface area contributed by atoms with Crippen molar-refractivity contribution in [2.75, 3.05) is 14.1 Å². The molecule has 1 aromatic carbocycles. The number of carbonyl (C=O) groups is 3. The van der Waals surface area contributed by atoms with Crippen molar-refractivity contribution in [3.63, 3.8) is 0 Å². The van der Waals surface area contributed by atoms with Crippen molar-refractivity contribution in [3.05, 3.63) is 57.4 Å². The number of aliphatic hydroxyl groups is 3. The van der Waals surface area contributed by atoms with Crippen LogP contribution in [0.25, 0.3) is 5.76 Å². The van der Waals surface area contributed by atoms with Gasteiger partial charge in [-0.05, 0) is 88.7 Å². The lowest BCUT2D eigenvalue weighted by Gasteiger charge is -2.50. The molecule has 1 saturated carbocycles. The van der Waals surface area contributed by atoms with Crippen LogP contribution in [0, 0.1) is 23.7 Å². The molecule has 0 heterocycles. The quantitative estimate of drug-likeness (QED) is 0.347. The summed E-state index contributed by atoms with van der Waals surface area (Å²) in [7, 11) is 3.22. The number of fused-ring (bicyclic) bond motifs is 3. The molecule has 4 aliphatic rings. The van der Waals surface area contributed by atoms with E-state index >= 15 is 0 Å². The summed E-state index contributed by atoms with van der Waals surface area (Å²) in [5, 5.41) is 44.7. The molecule has 38 heavy (non-hydrogen) atoms. The standard InChI is InChI=1S/C30H31NO7/c1-15(32)22-27(35)25(31(2)3)20-14-18-13-19-17(10-9-16-7-5-4-6-8-16)11-12-21(33)24(19)26(34)23(18)29(37)30(20,38)28(22)36/h7,11-12,18,20,25,33-34,36,38H,4-6,8,13-14H2,1-3H3/t18-,20-,25-,30+/m0/s1. The molecular weight excluding hydrogens is 486 g/mol. The van der Waals surface area contributed by atoms with E-state index in [1.54, 1.807) is 20.2 Å². The number of hydrogen-bond donors (Lipinski definition) is 4. The maximum atomic E-state index is 13.9. The molecule has 0 amide bonds. The van der Waals surface area contributed by atoms with Gasteiger partial charge < -0.3 is 20.4 Å². The van der Waals surface area contributed by atoms with Crippen molar-refractivity contribution in [2.45, 2.75) is 57.1 Å². The Hall–Kier alpha value is -3.67. The van der Waals surface area contributed by atoms with E-state index in [1.807, 2.05) is 0 Å². The number of carbonyl (C=O) groups excluding carboxylic acids is 3. The lowest BCUT2D eigenvalue weighted by Crippen LogP contribution is -2.65. The zero-order valence-electron chi connectivity index (χ0n) is 21.7. The number of ketones is 3. The molecule has 0 radical (unpaired) electrons. The maximum absolute atomic E-state index is 13.9. The number of nitrogens with zero attached hydrogens (tertiary/aromatic N) is 1. The average Bonchev–Trinajstić information content (AvgIpc) is 2.86. The topological polar surface area (TPSA) is 135 Å². The van der Waals surface area contributed by atoms with Crippen molar-refractivity contribution < 1.29 is 34.8 Å². The Balaban J connectivity index is 1.67. The number of aromatic hydroxyl groups is 1. The molecular formula is C30H31NO7. The van der Waals surface area contributed by atoms with Gasteiger partial charge in [-0.15, -0.1) is 0 Å². The number of phenolic OH excluding ortho intramolecular Hbond substituents is 1. The summed E-state index contributed by atoms with van der Waals surface area (Å²) in [6, 6.07) is 2.06. The molecule has 4 aliphatic carbocycles. The zero-order valence-corrected chi connectivity index (χ0v) is 21.7. The first kappa shape index (κ1) is 26.0. The van der Waals surface area contributed by atoms with Crippen LogP contribution in [0.5, 0.6) is 5.75 Å². The molecule has 0 aromatic heterocycles. The van der Waals surface area contributed by atoms with E-state index in [2.05, 4.69) is 17.9 Å². The van der Waals surface area contributed by atoms with Gasteiger partial charge in [0.05, 0.1) is 11.6 Å². The highest BCUT2D eigenvalue weighted by Gasteiger charge is 2.64. The summed E-state index contributed by atoms with van der Waals surface area (Å²) in [6.45, 7) is 1.09. The maximum Gasteiger partial charge on any atom is 0.202 e. The molecule has 1 fully saturated rings. The lowest BCUT2D eigenvalue weighted by atomic mass is 9.57. The highest BCUT2D eigenvalue weighted by Crippen LogP contribution is 2.53. The fraction of sp³-hybridized carbons (Fsp3) is 0.433. The first-order valence-corrected chi connectivity index (χ1v) is 12.9. The van der Waals surface area contributed by atoms with Crippen molar-refractivity contribution in [3.8, 4) is 17.6 Å². The molecule has 0 spiro atoms. The molecule has 4 atom stereocenters.